The van der Waals surface area contributed by atoms with Gasteiger partial charge in [0.25, 0.3) is 0 Å². The quantitative estimate of drug-likeness (QED) is 0.715. The highest BCUT2D eigenvalue weighted by Gasteiger charge is 2.67. The van der Waals surface area contributed by atoms with Crippen LogP contribution in [0, 0.1) is 23.2 Å². The van der Waals surface area contributed by atoms with E-state index in [0.29, 0.717) is 29.9 Å². The van der Waals surface area contributed by atoms with Crippen LogP contribution in [-0.4, -0.2) is 47.9 Å². The molecule has 0 spiro atoms. The van der Waals surface area contributed by atoms with Crippen LogP contribution in [0.2, 0.25) is 0 Å². The monoisotopic (exact) mass is 387 g/mol. The fourth-order valence-corrected chi connectivity index (χ4v) is 7.92. The molecule has 0 bridgehead atoms. The van der Waals surface area contributed by atoms with Crippen LogP contribution < -0.4 is 5.32 Å². The van der Waals surface area contributed by atoms with Gasteiger partial charge in [-0.25, -0.2) is 0 Å². The van der Waals surface area contributed by atoms with Crippen LogP contribution in [0.5, 0.6) is 0 Å². The molecular weight excluding hydrogens is 346 g/mol. The van der Waals surface area contributed by atoms with Gasteiger partial charge in [0.05, 0.1) is 6.10 Å². The van der Waals surface area contributed by atoms with Crippen LogP contribution in [0.25, 0.3) is 0 Å². The Labute approximate surface area is 172 Å². The zero-order chi connectivity index (χ0) is 19.8. The van der Waals surface area contributed by atoms with Crippen molar-refractivity contribution in [2.75, 3.05) is 14.1 Å². The van der Waals surface area contributed by atoms with Crippen LogP contribution in [0.1, 0.15) is 79.1 Å². The summed E-state index contributed by atoms with van der Waals surface area (Å²) in [7, 11) is 4.74. The predicted octanol–water partition coefficient (Wildman–Crippen LogP) is 4.53. The summed E-state index contributed by atoms with van der Waals surface area (Å²) in [5, 5.41) is 3.80. The molecule has 3 aliphatic heterocycles. The Kier molecular flexibility index (Phi) is 4.38. The minimum Gasteiger partial charge on any atom is -0.359 e. The van der Waals surface area contributed by atoms with Crippen LogP contribution in [0.4, 0.5) is 0 Å². The van der Waals surface area contributed by atoms with Gasteiger partial charge in [-0.1, -0.05) is 13.8 Å². The molecule has 28 heavy (non-hydrogen) atoms. The van der Waals surface area contributed by atoms with Crippen LogP contribution in [0.3, 0.4) is 0 Å². The van der Waals surface area contributed by atoms with Crippen molar-refractivity contribution in [2.24, 2.45) is 23.2 Å². The fraction of sp³-hybridized carbons (Fsp3) is 0.917. The first-order valence-corrected chi connectivity index (χ1v) is 11.9. The molecule has 4 nitrogen and oxygen atoms in total. The SMILES string of the molecule is CC1CCC2C(N1)OC1C2CCC(C)C1(C)C1(C)N(C)C2=C(CCCC2)N1C. The van der Waals surface area contributed by atoms with Crippen molar-refractivity contribution in [2.45, 2.75) is 103 Å². The Morgan fingerprint density at radius 2 is 1.50 bits per heavy atom. The van der Waals surface area contributed by atoms with Gasteiger partial charge in [0.2, 0.25) is 0 Å². The summed E-state index contributed by atoms with van der Waals surface area (Å²) in [6, 6.07) is 0.589. The van der Waals surface area contributed by atoms with E-state index < -0.39 is 0 Å². The highest BCUT2D eigenvalue weighted by atomic mass is 16.5. The van der Waals surface area contributed by atoms with Crippen molar-refractivity contribution in [3.63, 3.8) is 0 Å². The van der Waals surface area contributed by atoms with Crippen LogP contribution >= 0.6 is 0 Å². The Balaban J connectivity index is 1.54. The fourth-order valence-electron chi connectivity index (χ4n) is 7.92. The van der Waals surface area contributed by atoms with E-state index >= 15 is 0 Å². The maximum Gasteiger partial charge on any atom is 0.117 e. The zero-order valence-electron chi connectivity index (χ0n) is 18.9. The van der Waals surface area contributed by atoms with Gasteiger partial charge in [0.1, 0.15) is 11.9 Å². The standard InChI is InChI=1S/C24H41N3O/c1-15-11-13-17-18-14-12-16(2)25-22(18)28-21(17)23(15,3)24(4)26(5)19-9-7-8-10-20(19)27(24)6/h15-18,21-22,25H,7-14H2,1-6H3. The van der Waals surface area contributed by atoms with E-state index in [1.54, 1.807) is 11.4 Å². The second kappa shape index (κ2) is 6.38. The maximum atomic E-state index is 6.97. The first-order valence-electron chi connectivity index (χ1n) is 11.9. The van der Waals surface area contributed by atoms with E-state index in [1.165, 1.54) is 51.4 Å². The molecule has 1 saturated carbocycles. The Morgan fingerprint density at radius 3 is 2.14 bits per heavy atom. The van der Waals surface area contributed by atoms with Gasteiger partial charge < -0.3 is 14.5 Å². The van der Waals surface area contributed by atoms with Gasteiger partial charge in [-0.15, -0.1) is 0 Å². The molecule has 3 heterocycles. The molecule has 1 N–H and O–H groups in total. The minimum absolute atomic E-state index is 0.0100. The second-order valence-electron chi connectivity index (χ2n) is 11.0. The van der Waals surface area contributed by atoms with Crippen molar-refractivity contribution < 1.29 is 4.74 Å². The molecule has 0 aromatic carbocycles. The van der Waals surface area contributed by atoms with Gasteiger partial charge in [-0.2, -0.15) is 0 Å². The van der Waals surface area contributed by atoms with Crippen molar-refractivity contribution in [3.8, 4) is 0 Å². The molecule has 0 aromatic rings. The van der Waals surface area contributed by atoms with E-state index in [2.05, 4.69) is 56.9 Å². The number of nitrogens with one attached hydrogen (secondary N) is 1. The van der Waals surface area contributed by atoms with E-state index in [1.807, 2.05) is 0 Å². The Bertz CT molecular complexity index is 653. The number of ether oxygens (including phenoxy) is 1. The second-order valence-corrected chi connectivity index (χ2v) is 11.0. The third kappa shape index (κ3) is 2.25. The number of piperidine rings is 1. The Morgan fingerprint density at radius 1 is 0.893 bits per heavy atom. The summed E-state index contributed by atoms with van der Waals surface area (Å²) < 4.78 is 6.97. The van der Waals surface area contributed by atoms with Gasteiger partial charge in [-0.3, -0.25) is 5.32 Å². The summed E-state index contributed by atoms with van der Waals surface area (Å²) in [6.45, 7) is 9.91. The first kappa shape index (κ1) is 19.2. The summed E-state index contributed by atoms with van der Waals surface area (Å²) in [5.74, 6) is 2.07. The molecule has 7 unspecified atom stereocenters. The number of rotatable bonds is 1. The number of hydrogen-bond donors (Lipinski definition) is 1. The van der Waals surface area contributed by atoms with Crippen molar-refractivity contribution >= 4 is 0 Å². The molecular formula is C24H41N3O. The van der Waals surface area contributed by atoms with Gasteiger partial charge in [-0.05, 0) is 77.0 Å². The zero-order valence-corrected chi connectivity index (χ0v) is 18.9. The van der Waals surface area contributed by atoms with E-state index in [9.17, 15) is 0 Å². The topological polar surface area (TPSA) is 27.7 Å². The molecule has 0 radical (unpaired) electrons. The lowest BCUT2D eigenvalue weighted by Gasteiger charge is -2.61. The Hall–Kier alpha value is -0.740. The number of allylic oxidation sites excluding steroid dienone is 2. The van der Waals surface area contributed by atoms with Gasteiger partial charge in [0, 0.05) is 42.9 Å². The molecule has 3 fully saturated rings. The molecule has 5 aliphatic rings. The normalized spacial score (nSPS) is 47.8. The molecule has 5 rings (SSSR count). The minimum atomic E-state index is -0.0100. The average molecular weight is 388 g/mol. The molecule has 0 amide bonds. The number of nitrogens with zero attached hydrogens (tertiary/aromatic N) is 2. The predicted molar refractivity (Wildman–Crippen MR) is 113 cm³/mol. The molecule has 2 aliphatic carbocycles. The lowest BCUT2D eigenvalue weighted by atomic mass is 9.55. The number of fused-ring (bicyclic) bond motifs is 3. The van der Waals surface area contributed by atoms with Crippen molar-refractivity contribution in [3.05, 3.63) is 11.4 Å². The first-order chi connectivity index (χ1) is 13.3. The summed E-state index contributed by atoms with van der Waals surface area (Å²) in [5.41, 5.74) is 3.31. The average Bonchev–Trinajstić information content (AvgIpc) is 3.15. The lowest BCUT2D eigenvalue weighted by molar-refractivity contribution is -0.188. The maximum absolute atomic E-state index is 6.97. The smallest absolute Gasteiger partial charge is 0.117 e. The van der Waals surface area contributed by atoms with Crippen LogP contribution in [-0.2, 0) is 4.74 Å². The van der Waals surface area contributed by atoms with Gasteiger partial charge in [0.15, 0.2) is 0 Å². The highest BCUT2D eigenvalue weighted by Crippen LogP contribution is 2.62. The van der Waals surface area contributed by atoms with E-state index in [0.717, 1.165) is 0 Å². The summed E-state index contributed by atoms with van der Waals surface area (Å²) in [6.07, 6.45) is 11.1. The summed E-state index contributed by atoms with van der Waals surface area (Å²) in [4.78, 5) is 5.34. The van der Waals surface area contributed by atoms with Gasteiger partial charge >= 0.3 is 0 Å². The van der Waals surface area contributed by atoms with Crippen molar-refractivity contribution in [1.29, 1.82) is 0 Å². The van der Waals surface area contributed by atoms with Crippen LogP contribution in [0.15, 0.2) is 11.4 Å². The molecule has 4 heteroatoms. The summed E-state index contributed by atoms with van der Waals surface area (Å²) >= 11 is 0. The molecule has 7 atom stereocenters. The molecule has 2 saturated heterocycles. The van der Waals surface area contributed by atoms with E-state index in [-0.39, 0.29) is 17.3 Å². The van der Waals surface area contributed by atoms with E-state index in [4.69, 9.17) is 4.74 Å². The lowest BCUT2D eigenvalue weighted by Crippen LogP contribution is -2.68. The molecule has 158 valence electrons. The molecule has 0 aromatic heterocycles. The highest BCUT2D eigenvalue weighted by molar-refractivity contribution is 5.29. The third-order valence-electron chi connectivity index (χ3n) is 10.1. The number of hydrogen-bond acceptors (Lipinski definition) is 4. The third-order valence-corrected chi connectivity index (χ3v) is 10.1. The van der Waals surface area contributed by atoms with Crippen molar-refractivity contribution in [1.82, 2.24) is 15.1 Å². The largest absolute Gasteiger partial charge is 0.359 e.